The SMILES string of the molecule is C=CCOc1cccc(C2C(C(=O)C=Cc3ccccc3)=C(O)C(=O)N2c2nc3c(C)cc(C)cc3s2)c1. The number of aromatic nitrogens is 1. The molecule has 1 N–H and O–H groups in total. The van der Waals surface area contributed by atoms with E-state index in [1.807, 2.05) is 56.3 Å². The van der Waals surface area contributed by atoms with E-state index in [0.29, 0.717) is 23.1 Å². The topological polar surface area (TPSA) is 79.7 Å². The van der Waals surface area contributed by atoms with Gasteiger partial charge in [-0.1, -0.05) is 78.6 Å². The molecule has 1 aliphatic heterocycles. The second-order valence-electron chi connectivity index (χ2n) is 9.05. The molecule has 190 valence electrons. The first-order chi connectivity index (χ1) is 18.4. The van der Waals surface area contributed by atoms with Gasteiger partial charge in [0.25, 0.3) is 5.91 Å². The van der Waals surface area contributed by atoms with Crippen molar-refractivity contribution in [3.05, 3.63) is 119 Å². The van der Waals surface area contributed by atoms with Crippen LogP contribution in [0.5, 0.6) is 5.75 Å². The number of thiazole rings is 1. The van der Waals surface area contributed by atoms with Crippen LogP contribution in [0.15, 0.2) is 96.8 Å². The summed E-state index contributed by atoms with van der Waals surface area (Å²) in [4.78, 5) is 33.2. The van der Waals surface area contributed by atoms with Gasteiger partial charge in [0.1, 0.15) is 12.4 Å². The number of rotatable bonds is 8. The maximum Gasteiger partial charge on any atom is 0.296 e. The van der Waals surface area contributed by atoms with E-state index in [0.717, 1.165) is 26.9 Å². The highest BCUT2D eigenvalue weighted by Crippen LogP contribution is 2.44. The maximum absolute atomic E-state index is 13.5. The Morgan fingerprint density at radius 3 is 2.68 bits per heavy atom. The van der Waals surface area contributed by atoms with Crippen molar-refractivity contribution in [1.82, 2.24) is 4.98 Å². The van der Waals surface area contributed by atoms with Crippen LogP contribution in [-0.2, 0) is 9.59 Å². The number of aryl methyl sites for hydroxylation is 2. The number of ketones is 1. The second kappa shape index (κ2) is 10.5. The quantitative estimate of drug-likeness (QED) is 0.207. The number of nitrogens with zero attached hydrogens (tertiary/aromatic N) is 2. The third kappa shape index (κ3) is 4.76. The number of hydrogen-bond donors (Lipinski definition) is 1. The van der Waals surface area contributed by atoms with Crippen LogP contribution in [0.2, 0.25) is 0 Å². The highest BCUT2D eigenvalue weighted by atomic mass is 32.1. The molecule has 5 rings (SSSR count). The normalized spacial score (nSPS) is 15.6. The smallest absolute Gasteiger partial charge is 0.296 e. The highest BCUT2D eigenvalue weighted by molar-refractivity contribution is 7.22. The van der Waals surface area contributed by atoms with Crippen molar-refractivity contribution in [3.63, 3.8) is 0 Å². The van der Waals surface area contributed by atoms with Crippen molar-refractivity contribution in [3.8, 4) is 5.75 Å². The minimum absolute atomic E-state index is 0.00443. The van der Waals surface area contributed by atoms with Gasteiger partial charge in [0, 0.05) is 0 Å². The number of carbonyl (C=O) groups excluding carboxylic acids is 2. The molecule has 7 heteroatoms. The fourth-order valence-corrected chi connectivity index (χ4v) is 5.76. The second-order valence-corrected chi connectivity index (χ2v) is 10.1. The summed E-state index contributed by atoms with van der Waals surface area (Å²) in [6.07, 6.45) is 4.69. The van der Waals surface area contributed by atoms with E-state index in [2.05, 4.69) is 6.58 Å². The minimum Gasteiger partial charge on any atom is -0.503 e. The van der Waals surface area contributed by atoms with E-state index >= 15 is 0 Å². The van der Waals surface area contributed by atoms with Crippen molar-refractivity contribution in [1.29, 1.82) is 0 Å². The van der Waals surface area contributed by atoms with Crippen LogP contribution in [0, 0.1) is 13.8 Å². The Morgan fingerprint density at radius 2 is 1.92 bits per heavy atom. The Kier molecular flexibility index (Phi) is 6.94. The predicted octanol–water partition coefficient (Wildman–Crippen LogP) is 6.66. The lowest BCUT2D eigenvalue weighted by atomic mass is 9.95. The predicted molar refractivity (Wildman–Crippen MR) is 152 cm³/mol. The molecule has 1 atom stereocenters. The molecular formula is C31H26N2O4S. The van der Waals surface area contributed by atoms with Crippen LogP contribution in [0.25, 0.3) is 16.3 Å². The molecule has 1 unspecified atom stereocenters. The molecule has 1 aromatic heterocycles. The van der Waals surface area contributed by atoms with Gasteiger partial charge in [-0.3, -0.25) is 14.5 Å². The number of anilines is 1. The molecule has 1 amide bonds. The number of aliphatic hydroxyl groups is 1. The standard InChI is InChI=1S/C31H26N2O4S/c1-4-15-37-23-12-8-11-22(18-23)28-26(24(34)14-13-21-9-6-5-7-10-21)29(35)30(36)33(28)31-32-27-20(3)16-19(2)17-25(27)38-31/h4-14,16-18,28,35H,1,15H2,2-3H3. The Hall–Kier alpha value is -4.49. The number of amides is 1. The zero-order valence-electron chi connectivity index (χ0n) is 21.0. The van der Waals surface area contributed by atoms with Crippen LogP contribution in [0.1, 0.15) is 28.3 Å². The van der Waals surface area contributed by atoms with Gasteiger partial charge >= 0.3 is 0 Å². The molecule has 0 spiro atoms. The number of benzene rings is 3. The lowest BCUT2D eigenvalue weighted by molar-refractivity contribution is -0.117. The van der Waals surface area contributed by atoms with Crippen LogP contribution < -0.4 is 9.64 Å². The van der Waals surface area contributed by atoms with Gasteiger partial charge in [-0.2, -0.15) is 0 Å². The summed E-state index contributed by atoms with van der Waals surface area (Å²) in [5.41, 5.74) is 4.31. The van der Waals surface area contributed by atoms with E-state index in [1.165, 1.54) is 22.3 Å². The van der Waals surface area contributed by atoms with Gasteiger partial charge in [0.2, 0.25) is 0 Å². The Balaban J connectivity index is 1.62. The average Bonchev–Trinajstić information content (AvgIpc) is 3.45. The van der Waals surface area contributed by atoms with E-state index < -0.39 is 23.5 Å². The number of fused-ring (bicyclic) bond motifs is 1. The molecule has 0 radical (unpaired) electrons. The highest BCUT2D eigenvalue weighted by Gasteiger charge is 2.45. The molecular weight excluding hydrogens is 496 g/mol. The van der Waals surface area contributed by atoms with Crippen LogP contribution in [-0.4, -0.2) is 28.4 Å². The zero-order valence-corrected chi connectivity index (χ0v) is 21.9. The van der Waals surface area contributed by atoms with E-state index in [9.17, 15) is 14.7 Å². The molecule has 0 saturated heterocycles. The molecule has 4 aromatic rings. The molecule has 0 bridgehead atoms. The summed E-state index contributed by atoms with van der Waals surface area (Å²) in [5, 5.41) is 11.4. The first-order valence-corrected chi connectivity index (χ1v) is 12.9. The fraction of sp³-hybridized carbons (Fsp3) is 0.129. The summed E-state index contributed by atoms with van der Waals surface area (Å²) in [7, 11) is 0. The van der Waals surface area contributed by atoms with Crippen LogP contribution >= 0.6 is 11.3 Å². The zero-order chi connectivity index (χ0) is 26.8. The van der Waals surface area contributed by atoms with Crippen LogP contribution in [0.4, 0.5) is 5.13 Å². The van der Waals surface area contributed by atoms with Crippen molar-refractivity contribution in [2.24, 2.45) is 0 Å². The van der Waals surface area contributed by atoms with E-state index in [-0.39, 0.29) is 5.57 Å². The molecule has 6 nitrogen and oxygen atoms in total. The molecule has 0 saturated carbocycles. The number of carbonyl (C=O) groups is 2. The van der Waals surface area contributed by atoms with Crippen LogP contribution in [0.3, 0.4) is 0 Å². The molecule has 0 fully saturated rings. The van der Waals surface area contributed by atoms with Gasteiger partial charge in [-0.05, 0) is 60.4 Å². The van der Waals surface area contributed by atoms with E-state index in [4.69, 9.17) is 9.72 Å². The van der Waals surface area contributed by atoms with Crippen molar-refractivity contribution < 1.29 is 19.4 Å². The molecule has 0 aliphatic carbocycles. The number of ether oxygens (including phenoxy) is 1. The first kappa shape index (κ1) is 25.2. The third-order valence-electron chi connectivity index (χ3n) is 6.27. The summed E-state index contributed by atoms with van der Waals surface area (Å²) in [6.45, 7) is 7.97. The monoisotopic (exact) mass is 522 g/mol. The largest absolute Gasteiger partial charge is 0.503 e. The Bertz CT molecular complexity index is 1620. The summed E-state index contributed by atoms with van der Waals surface area (Å²) < 4.78 is 6.64. The fourth-order valence-electron chi connectivity index (χ4n) is 4.59. The third-order valence-corrected chi connectivity index (χ3v) is 7.27. The molecule has 1 aliphatic rings. The maximum atomic E-state index is 13.5. The van der Waals surface area contributed by atoms with E-state index in [1.54, 1.807) is 36.4 Å². The summed E-state index contributed by atoms with van der Waals surface area (Å²) >= 11 is 1.35. The summed E-state index contributed by atoms with van der Waals surface area (Å²) in [6, 6.07) is 19.7. The minimum atomic E-state index is -0.885. The van der Waals surface area contributed by atoms with Gasteiger partial charge in [-0.15, -0.1) is 0 Å². The molecule has 38 heavy (non-hydrogen) atoms. The van der Waals surface area contributed by atoms with Crippen molar-refractivity contribution >= 4 is 44.5 Å². The lowest BCUT2D eigenvalue weighted by Gasteiger charge is -2.24. The van der Waals surface area contributed by atoms with Gasteiger partial charge in [0.15, 0.2) is 16.7 Å². The number of hydrogen-bond acceptors (Lipinski definition) is 6. The first-order valence-electron chi connectivity index (χ1n) is 12.1. The van der Waals surface area contributed by atoms with Gasteiger partial charge < -0.3 is 9.84 Å². The Labute approximate surface area is 224 Å². The van der Waals surface area contributed by atoms with Crippen molar-refractivity contribution in [2.75, 3.05) is 11.5 Å². The lowest BCUT2D eigenvalue weighted by Crippen LogP contribution is -2.30. The Morgan fingerprint density at radius 1 is 1.13 bits per heavy atom. The summed E-state index contributed by atoms with van der Waals surface area (Å²) in [5.74, 6) is -1.15. The molecule has 3 aromatic carbocycles. The number of aliphatic hydroxyl groups excluding tert-OH is 1. The van der Waals surface area contributed by atoms with Crippen molar-refractivity contribution in [2.45, 2.75) is 19.9 Å². The van der Waals surface area contributed by atoms with Gasteiger partial charge in [0.05, 0.1) is 21.8 Å². The average molecular weight is 523 g/mol. The number of allylic oxidation sites excluding steroid dienone is 1. The molecule has 2 heterocycles. The van der Waals surface area contributed by atoms with Gasteiger partial charge in [-0.25, -0.2) is 4.98 Å².